The quantitative estimate of drug-likeness (QED) is 0.570. The largest absolute Gasteiger partial charge is 0.101 e. The smallest absolute Gasteiger partial charge is 0.0778 e. The van der Waals surface area contributed by atoms with Gasteiger partial charge in [0.05, 0.1) is 0 Å². The molecule has 0 aromatic carbocycles. The normalized spacial score (nSPS) is 44.7. The molecule has 4 unspecified atom stereocenters. The van der Waals surface area contributed by atoms with Crippen LogP contribution in [0.3, 0.4) is 0 Å². The summed E-state index contributed by atoms with van der Waals surface area (Å²) in [5, 5.41) is 0. The van der Waals surface area contributed by atoms with Crippen LogP contribution in [-0.2, 0) is 0 Å². The Morgan fingerprint density at radius 2 is 2.08 bits per heavy atom. The molecule has 0 spiro atoms. The van der Waals surface area contributed by atoms with Gasteiger partial charge in [-0.1, -0.05) is 38.9 Å². The summed E-state index contributed by atoms with van der Waals surface area (Å²) in [6.45, 7) is 2.40. The Kier molecular flexibility index (Phi) is 3.01. The summed E-state index contributed by atoms with van der Waals surface area (Å²) in [7, 11) is 2.41. The molecule has 0 nitrogen and oxygen atoms in total. The molecule has 13 heavy (non-hydrogen) atoms. The molecule has 0 aromatic heterocycles. The van der Waals surface area contributed by atoms with E-state index < -0.39 is 0 Å². The highest BCUT2D eigenvalue weighted by atomic mass is 14.4. The summed E-state index contributed by atoms with van der Waals surface area (Å²) in [5.41, 5.74) is 0. The van der Waals surface area contributed by atoms with E-state index in [-0.39, 0.29) is 0 Å². The lowest BCUT2D eigenvalue weighted by atomic mass is 9.59. The van der Waals surface area contributed by atoms with Crippen molar-refractivity contribution >= 4 is 7.85 Å². The highest BCUT2D eigenvalue weighted by molar-refractivity contribution is 6.08. The monoisotopic (exact) mass is 178 g/mol. The molecule has 2 fully saturated rings. The van der Waals surface area contributed by atoms with Crippen LogP contribution in [0.25, 0.3) is 0 Å². The maximum absolute atomic E-state index is 2.41. The van der Waals surface area contributed by atoms with Gasteiger partial charge in [-0.25, -0.2) is 0 Å². The first-order valence-corrected chi connectivity index (χ1v) is 6.35. The molecule has 0 heterocycles. The average Bonchev–Trinajstić information content (AvgIpc) is 2.17. The van der Waals surface area contributed by atoms with Crippen LogP contribution in [0.4, 0.5) is 0 Å². The molecule has 74 valence electrons. The predicted octanol–water partition coefficient (Wildman–Crippen LogP) is 2.89. The maximum Gasteiger partial charge on any atom is 0.101 e. The lowest BCUT2D eigenvalue weighted by molar-refractivity contribution is 0.0720. The summed E-state index contributed by atoms with van der Waals surface area (Å²) in [6, 6.07) is 0. The number of hydrogen-bond donors (Lipinski definition) is 0. The summed E-state index contributed by atoms with van der Waals surface area (Å²) < 4.78 is 0. The third-order valence-electron chi connectivity index (χ3n) is 4.67. The molecule has 0 amide bonds. The number of rotatable bonds is 2. The summed E-state index contributed by atoms with van der Waals surface area (Å²) >= 11 is 0. The zero-order valence-corrected chi connectivity index (χ0v) is 9.26. The van der Waals surface area contributed by atoms with E-state index in [0.29, 0.717) is 0 Å². The molecule has 0 saturated heterocycles. The first kappa shape index (κ1) is 9.61. The van der Waals surface area contributed by atoms with E-state index in [9.17, 15) is 0 Å². The van der Waals surface area contributed by atoms with E-state index >= 15 is 0 Å². The van der Waals surface area contributed by atoms with Gasteiger partial charge in [-0.15, -0.1) is 0 Å². The Hall–Kier alpha value is 0.0649. The van der Waals surface area contributed by atoms with Gasteiger partial charge in [-0.05, 0) is 36.5 Å². The molecule has 2 bridgehead atoms. The second-order valence-corrected chi connectivity index (χ2v) is 5.27. The SMILES string of the molecule is BCC1C(CC)CC2CCCC1C2. The van der Waals surface area contributed by atoms with E-state index in [0.717, 1.165) is 23.7 Å². The third-order valence-corrected chi connectivity index (χ3v) is 4.67. The lowest BCUT2D eigenvalue weighted by Crippen LogP contribution is -2.35. The topological polar surface area (TPSA) is 0 Å². The Morgan fingerprint density at radius 1 is 1.23 bits per heavy atom. The molecule has 2 aliphatic rings. The van der Waals surface area contributed by atoms with Gasteiger partial charge in [-0.2, -0.15) is 0 Å². The first-order chi connectivity index (χ1) is 6.35. The Morgan fingerprint density at radius 3 is 2.77 bits per heavy atom. The van der Waals surface area contributed by atoms with Crippen molar-refractivity contribution in [3.8, 4) is 0 Å². The van der Waals surface area contributed by atoms with Gasteiger partial charge in [0.25, 0.3) is 0 Å². The van der Waals surface area contributed by atoms with E-state index in [2.05, 4.69) is 14.8 Å². The third kappa shape index (κ3) is 1.80. The molecule has 1 heteroatoms. The van der Waals surface area contributed by atoms with Crippen molar-refractivity contribution in [2.45, 2.75) is 51.8 Å². The van der Waals surface area contributed by atoms with Gasteiger partial charge in [0.1, 0.15) is 7.85 Å². The van der Waals surface area contributed by atoms with Gasteiger partial charge in [0.2, 0.25) is 0 Å². The first-order valence-electron chi connectivity index (χ1n) is 6.35. The standard InChI is InChI=1S/C12H23B/c1-2-10-6-9-4-3-5-11(7-9)12(10)8-13/h9-12H,2-8,13H2,1H3. The molecule has 0 aliphatic heterocycles. The van der Waals surface area contributed by atoms with Crippen molar-refractivity contribution in [1.82, 2.24) is 0 Å². The molecular weight excluding hydrogens is 155 g/mol. The lowest BCUT2D eigenvalue weighted by Gasteiger charge is -2.45. The minimum Gasteiger partial charge on any atom is -0.0778 e. The second kappa shape index (κ2) is 4.06. The van der Waals surface area contributed by atoms with Crippen LogP contribution in [0, 0.1) is 23.7 Å². The van der Waals surface area contributed by atoms with Crippen LogP contribution in [0.5, 0.6) is 0 Å². The van der Waals surface area contributed by atoms with Gasteiger partial charge < -0.3 is 0 Å². The fourth-order valence-corrected chi connectivity index (χ4v) is 4.06. The minimum absolute atomic E-state index is 1.08. The van der Waals surface area contributed by atoms with Gasteiger partial charge in [0.15, 0.2) is 0 Å². The van der Waals surface area contributed by atoms with E-state index in [1.165, 1.54) is 19.2 Å². The fraction of sp³-hybridized carbons (Fsp3) is 1.00. The predicted molar refractivity (Wildman–Crippen MR) is 60.7 cm³/mol. The second-order valence-electron chi connectivity index (χ2n) is 5.27. The average molecular weight is 178 g/mol. The molecule has 0 aromatic rings. The van der Waals surface area contributed by atoms with Crippen molar-refractivity contribution in [2.75, 3.05) is 0 Å². The van der Waals surface area contributed by atoms with Crippen LogP contribution in [-0.4, -0.2) is 7.85 Å². The summed E-state index contributed by atoms with van der Waals surface area (Å²) in [4.78, 5) is 0. The zero-order valence-electron chi connectivity index (χ0n) is 9.26. The van der Waals surface area contributed by atoms with Crippen LogP contribution in [0.1, 0.15) is 45.4 Å². The van der Waals surface area contributed by atoms with Crippen LogP contribution >= 0.6 is 0 Å². The van der Waals surface area contributed by atoms with Crippen molar-refractivity contribution in [2.24, 2.45) is 23.7 Å². The minimum atomic E-state index is 1.08. The molecule has 2 saturated carbocycles. The summed E-state index contributed by atoms with van der Waals surface area (Å²) in [5.74, 6) is 4.39. The van der Waals surface area contributed by atoms with Gasteiger partial charge in [-0.3, -0.25) is 0 Å². The van der Waals surface area contributed by atoms with E-state index in [1.807, 2.05) is 0 Å². The van der Waals surface area contributed by atoms with Crippen molar-refractivity contribution in [1.29, 1.82) is 0 Å². The number of fused-ring (bicyclic) bond motifs is 2. The fourth-order valence-electron chi connectivity index (χ4n) is 4.06. The zero-order chi connectivity index (χ0) is 9.26. The van der Waals surface area contributed by atoms with Gasteiger partial charge >= 0.3 is 0 Å². The Balaban J connectivity index is 2.05. The Labute approximate surface area is 83.9 Å². The highest BCUT2D eigenvalue weighted by Gasteiger charge is 2.37. The Bertz CT molecular complexity index is 165. The van der Waals surface area contributed by atoms with E-state index in [4.69, 9.17) is 0 Å². The molecular formula is C12H23B. The summed E-state index contributed by atoms with van der Waals surface area (Å²) in [6.07, 6.45) is 10.6. The maximum atomic E-state index is 2.41. The molecule has 0 N–H and O–H groups in total. The van der Waals surface area contributed by atoms with Gasteiger partial charge in [0, 0.05) is 0 Å². The molecule has 2 rings (SSSR count). The van der Waals surface area contributed by atoms with Crippen molar-refractivity contribution in [3.63, 3.8) is 0 Å². The van der Waals surface area contributed by atoms with Crippen molar-refractivity contribution < 1.29 is 0 Å². The molecule has 2 aliphatic carbocycles. The number of hydrogen-bond acceptors (Lipinski definition) is 0. The van der Waals surface area contributed by atoms with Crippen LogP contribution < -0.4 is 0 Å². The van der Waals surface area contributed by atoms with Crippen molar-refractivity contribution in [3.05, 3.63) is 0 Å². The highest BCUT2D eigenvalue weighted by Crippen LogP contribution is 2.48. The van der Waals surface area contributed by atoms with Crippen LogP contribution in [0.2, 0.25) is 6.32 Å². The van der Waals surface area contributed by atoms with Crippen LogP contribution in [0.15, 0.2) is 0 Å². The molecule has 0 radical (unpaired) electrons. The van der Waals surface area contributed by atoms with E-state index in [1.54, 1.807) is 25.7 Å². The molecule has 4 atom stereocenters.